The first-order chi connectivity index (χ1) is 10.6. The SMILES string of the molecule is COc1cc(C(=O)O)ccc1CCNC(=O)Cn1cccn1. The molecule has 0 saturated heterocycles. The van der Waals surface area contributed by atoms with Crippen molar-refractivity contribution in [1.82, 2.24) is 15.1 Å². The van der Waals surface area contributed by atoms with Crippen molar-refractivity contribution in [3.8, 4) is 5.75 Å². The highest BCUT2D eigenvalue weighted by atomic mass is 16.5. The minimum absolute atomic E-state index is 0.134. The van der Waals surface area contributed by atoms with Gasteiger partial charge in [0.2, 0.25) is 5.91 Å². The van der Waals surface area contributed by atoms with Crippen molar-refractivity contribution < 1.29 is 19.4 Å². The molecule has 1 amide bonds. The first kappa shape index (κ1) is 15.6. The fraction of sp³-hybridized carbons (Fsp3) is 0.267. The molecule has 0 aliphatic carbocycles. The Morgan fingerprint density at radius 1 is 1.41 bits per heavy atom. The average Bonchev–Trinajstić information content (AvgIpc) is 3.00. The number of nitrogens with one attached hydrogen (secondary N) is 1. The molecular weight excluding hydrogens is 286 g/mol. The van der Waals surface area contributed by atoms with Gasteiger partial charge in [-0.2, -0.15) is 5.10 Å². The van der Waals surface area contributed by atoms with Crippen LogP contribution in [0, 0.1) is 0 Å². The van der Waals surface area contributed by atoms with Crippen molar-refractivity contribution in [2.45, 2.75) is 13.0 Å². The molecule has 0 aliphatic rings. The number of benzene rings is 1. The predicted molar refractivity (Wildman–Crippen MR) is 78.9 cm³/mol. The number of hydrogen-bond acceptors (Lipinski definition) is 4. The summed E-state index contributed by atoms with van der Waals surface area (Å²) in [6.45, 7) is 0.602. The molecule has 116 valence electrons. The van der Waals surface area contributed by atoms with Crippen molar-refractivity contribution in [1.29, 1.82) is 0 Å². The van der Waals surface area contributed by atoms with Crippen molar-refractivity contribution in [3.63, 3.8) is 0 Å². The molecule has 1 aromatic heterocycles. The van der Waals surface area contributed by atoms with Gasteiger partial charge in [0.25, 0.3) is 0 Å². The summed E-state index contributed by atoms with van der Waals surface area (Å²) >= 11 is 0. The second-order valence-electron chi connectivity index (χ2n) is 4.64. The van der Waals surface area contributed by atoms with Gasteiger partial charge in [0, 0.05) is 18.9 Å². The first-order valence-electron chi connectivity index (χ1n) is 6.74. The Kier molecular flexibility index (Phi) is 5.13. The van der Waals surface area contributed by atoms with Gasteiger partial charge >= 0.3 is 5.97 Å². The van der Waals surface area contributed by atoms with Crippen LogP contribution in [0.25, 0.3) is 0 Å². The Morgan fingerprint density at radius 2 is 2.23 bits per heavy atom. The highest BCUT2D eigenvalue weighted by Crippen LogP contribution is 2.20. The van der Waals surface area contributed by atoms with Crippen molar-refractivity contribution >= 4 is 11.9 Å². The highest BCUT2D eigenvalue weighted by molar-refractivity contribution is 5.88. The summed E-state index contributed by atoms with van der Waals surface area (Å²) in [5, 5.41) is 15.7. The van der Waals surface area contributed by atoms with Gasteiger partial charge in [-0.05, 0) is 30.2 Å². The number of aromatic carboxylic acids is 1. The van der Waals surface area contributed by atoms with E-state index in [4.69, 9.17) is 9.84 Å². The molecule has 0 aliphatic heterocycles. The number of carbonyl (C=O) groups excluding carboxylic acids is 1. The average molecular weight is 303 g/mol. The zero-order valence-corrected chi connectivity index (χ0v) is 12.2. The molecular formula is C15H17N3O4. The van der Waals surface area contributed by atoms with E-state index in [1.165, 1.54) is 23.9 Å². The lowest BCUT2D eigenvalue weighted by Crippen LogP contribution is -2.29. The summed E-state index contributed by atoms with van der Waals surface area (Å²) < 4.78 is 6.73. The zero-order chi connectivity index (χ0) is 15.9. The van der Waals surface area contributed by atoms with Gasteiger partial charge in [-0.25, -0.2) is 4.79 Å². The van der Waals surface area contributed by atoms with Crippen LogP contribution in [0.3, 0.4) is 0 Å². The van der Waals surface area contributed by atoms with E-state index in [0.29, 0.717) is 18.7 Å². The van der Waals surface area contributed by atoms with Gasteiger partial charge in [-0.1, -0.05) is 6.07 Å². The third-order valence-corrected chi connectivity index (χ3v) is 3.12. The quantitative estimate of drug-likeness (QED) is 0.794. The summed E-state index contributed by atoms with van der Waals surface area (Å²) in [7, 11) is 1.49. The molecule has 0 bridgehead atoms. The fourth-order valence-electron chi connectivity index (χ4n) is 2.02. The largest absolute Gasteiger partial charge is 0.496 e. The standard InChI is InChI=1S/C15H17N3O4/c1-22-13-9-12(15(20)21)4-3-11(13)5-7-16-14(19)10-18-8-2-6-17-18/h2-4,6,8-9H,5,7,10H2,1H3,(H,16,19)(H,20,21). The maximum Gasteiger partial charge on any atom is 0.335 e. The minimum Gasteiger partial charge on any atom is -0.496 e. The molecule has 7 heteroatoms. The van der Waals surface area contributed by atoms with E-state index < -0.39 is 5.97 Å². The van der Waals surface area contributed by atoms with Crippen LogP contribution in [-0.2, 0) is 17.8 Å². The lowest BCUT2D eigenvalue weighted by Gasteiger charge is -2.10. The lowest BCUT2D eigenvalue weighted by atomic mass is 10.1. The van der Waals surface area contributed by atoms with Gasteiger partial charge in [0.1, 0.15) is 12.3 Å². The number of amides is 1. The second-order valence-corrected chi connectivity index (χ2v) is 4.64. The maximum atomic E-state index is 11.7. The normalized spacial score (nSPS) is 10.2. The van der Waals surface area contributed by atoms with Crippen LogP contribution in [0.2, 0.25) is 0 Å². The van der Waals surface area contributed by atoms with E-state index in [9.17, 15) is 9.59 Å². The van der Waals surface area contributed by atoms with Crippen LogP contribution >= 0.6 is 0 Å². The number of rotatable bonds is 7. The molecule has 1 aromatic carbocycles. The molecule has 2 aromatic rings. The smallest absolute Gasteiger partial charge is 0.335 e. The molecule has 22 heavy (non-hydrogen) atoms. The summed E-state index contributed by atoms with van der Waals surface area (Å²) in [4.78, 5) is 22.6. The van der Waals surface area contributed by atoms with E-state index in [2.05, 4.69) is 10.4 Å². The minimum atomic E-state index is -1.00. The predicted octanol–water partition coefficient (Wildman–Crippen LogP) is 0.949. The molecule has 1 heterocycles. The monoisotopic (exact) mass is 303 g/mol. The van der Waals surface area contributed by atoms with Crippen LogP contribution in [0.5, 0.6) is 5.75 Å². The van der Waals surface area contributed by atoms with E-state index >= 15 is 0 Å². The molecule has 2 N–H and O–H groups in total. The van der Waals surface area contributed by atoms with Crippen LogP contribution in [0.15, 0.2) is 36.7 Å². The van der Waals surface area contributed by atoms with Crippen LogP contribution in [-0.4, -0.2) is 40.4 Å². The number of ether oxygens (including phenoxy) is 1. The number of carboxylic acids is 1. The van der Waals surface area contributed by atoms with Gasteiger partial charge in [0.05, 0.1) is 12.7 Å². The number of nitrogens with zero attached hydrogens (tertiary/aromatic N) is 2. The second kappa shape index (κ2) is 7.26. The zero-order valence-electron chi connectivity index (χ0n) is 12.2. The number of aromatic nitrogens is 2. The van der Waals surface area contributed by atoms with E-state index in [1.807, 2.05) is 0 Å². The molecule has 2 rings (SSSR count). The Hall–Kier alpha value is -2.83. The Morgan fingerprint density at radius 3 is 2.86 bits per heavy atom. The van der Waals surface area contributed by atoms with Crippen LogP contribution in [0.1, 0.15) is 15.9 Å². The maximum absolute atomic E-state index is 11.7. The van der Waals surface area contributed by atoms with E-state index in [0.717, 1.165) is 5.56 Å². The number of carbonyl (C=O) groups is 2. The molecule has 0 atom stereocenters. The lowest BCUT2D eigenvalue weighted by molar-refractivity contribution is -0.121. The topological polar surface area (TPSA) is 93.5 Å². The summed E-state index contributed by atoms with van der Waals surface area (Å²) in [5.74, 6) is -0.636. The van der Waals surface area contributed by atoms with Gasteiger partial charge in [-0.15, -0.1) is 0 Å². The Balaban J connectivity index is 1.88. The fourth-order valence-corrected chi connectivity index (χ4v) is 2.02. The van der Waals surface area contributed by atoms with Crippen LogP contribution in [0.4, 0.5) is 0 Å². The van der Waals surface area contributed by atoms with Crippen molar-refractivity contribution in [2.24, 2.45) is 0 Å². The summed E-state index contributed by atoms with van der Waals surface area (Å²) in [5.41, 5.74) is 1.01. The molecule has 0 radical (unpaired) electrons. The molecule has 7 nitrogen and oxygen atoms in total. The Bertz CT molecular complexity index is 653. The van der Waals surface area contributed by atoms with Crippen molar-refractivity contribution in [3.05, 3.63) is 47.8 Å². The van der Waals surface area contributed by atoms with Crippen molar-refractivity contribution in [2.75, 3.05) is 13.7 Å². The third-order valence-electron chi connectivity index (χ3n) is 3.12. The van der Waals surface area contributed by atoms with E-state index in [-0.39, 0.29) is 18.0 Å². The number of methoxy groups -OCH3 is 1. The number of hydrogen-bond donors (Lipinski definition) is 2. The summed E-state index contributed by atoms with van der Waals surface area (Å²) in [6, 6.07) is 6.44. The highest BCUT2D eigenvalue weighted by Gasteiger charge is 2.09. The molecule has 0 saturated carbocycles. The molecule has 0 spiro atoms. The van der Waals surface area contributed by atoms with Crippen LogP contribution < -0.4 is 10.1 Å². The van der Waals surface area contributed by atoms with E-state index in [1.54, 1.807) is 24.5 Å². The first-order valence-corrected chi connectivity index (χ1v) is 6.74. The third kappa shape index (κ3) is 4.08. The van der Waals surface area contributed by atoms with Gasteiger partial charge in [0.15, 0.2) is 0 Å². The molecule has 0 unspecified atom stereocenters. The number of carboxylic acid groups (broad SMARTS) is 1. The van der Waals surface area contributed by atoms with Gasteiger partial charge in [-0.3, -0.25) is 9.48 Å². The molecule has 0 fully saturated rings. The van der Waals surface area contributed by atoms with Gasteiger partial charge < -0.3 is 15.2 Å². The summed E-state index contributed by atoms with van der Waals surface area (Å²) in [6.07, 6.45) is 3.88. The Labute approximate surface area is 127 Å².